The molecule has 11 rings (SSSR count). The molecule has 242 valence electrons. The second-order valence-corrected chi connectivity index (χ2v) is 14.0. The number of fused-ring (bicyclic) bond motifs is 13. The third-order valence-electron chi connectivity index (χ3n) is 11.2. The van der Waals surface area contributed by atoms with E-state index >= 15 is 0 Å². The fourth-order valence-corrected chi connectivity index (χ4v) is 8.62. The summed E-state index contributed by atoms with van der Waals surface area (Å²) in [6.45, 7) is 0. The predicted molar refractivity (Wildman–Crippen MR) is 222 cm³/mol. The summed E-state index contributed by atoms with van der Waals surface area (Å²) in [4.78, 5) is 5.19. The zero-order valence-corrected chi connectivity index (χ0v) is 28.6. The van der Waals surface area contributed by atoms with E-state index in [0.717, 1.165) is 22.4 Å². The molecule has 11 aromatic rings. The summed E-state index contributed by atoms with van der Waals surface area (Å²) >= 11 is 0. The monoisotopic (exact) mass is 660 g/mol. The number of nitrogens with zero attached hydrogens (tertiary/aromatic N) is 2. The van der Waals surface area contributed by atoms with Crippen LogP contribution >= 0.6 is 0 Å². The largest absolute Gasteiger partial charge is 0.327 e. The Balaban J connectivity index is 0.973. The lowest BCUT2D eigenvalue weighted by Gasteiger charge is -2.12. The van der Waals surface area contributed by atoms with Gasteiger partial charge in [0.1, 0.15) is 5.82 Å². The van der Waals surface area contributed by atoms with Gasteiger partial charge in [0.15, 0.2) is 0 Å². The van der Waals surface area contributed by atoms with Gasteiger partial charge in [0.2, 0.25) is 0 Å². The molecule has 0 aliphatic rings. The Labute approximate surface area is 300 Å². The van der Waals surface area contributed by atoms with E-state index in [9.17, 15) is 0 Å². The molecule has 1 aromatic heterocycles. The summed E-state index contributed by atoms with van der Waals surface area (Å²) in [7, 11) is 2.12. The van der Waals surface area contributed by atoms with Crippen molar-refractivity contribution in [2.75, 3.05) is 0 Å². The highest BCUT2D eigenvalue weighted by molar-refractivity contribution is 6.27. The molecule has 0 unspecified atom stereocenters. The molecule has 2 heteroatoms. The number of imidazole rings is 1. The summed E-state index contributed by atoms with van der Waals surface area (Å²) in [5.41, 5.74) is 7.99. The molecule has 0 amide bonds. The van der Waals surface area contributed by atoms with Gasteiger partial charge in [-0.3, -0.25) is 0 Å². The van der Waals surface area contributed by atoms with Gasteiger partial charge in [0.25, 0.3) is 0 Å². The molecule has 2 nitrogen and oxygen atoms in total. The Morgan fingerprint density at radius 2 is 0.635 bits per heavy atom. The molecule has 0 fully saturated rings. The molecule has 0 spiro atoms. The van der Waals surface area contributed by atoms with Crippen LogP contribution in [0.1, 0.15) is 0 Å². The Kier molecular flexibility index (Phi) is 6.20. The zero-order valence-electron chi connectivity index (χ0n) is 28.6. The standard InChI is InChI=1S/C50H32N2/c1-52-49-27-24-35(34-23-26-45-41-15-5-3-11-37(41)39-13-7-9-17-43(39)47(45)29-34)30-48(49)51-50(52)32-20-18-31(19-21-32)33-22-25-44-40-14-4-2-10-36(40)38-12-6-8-16-42(38)46(44)28-33/h2-30H,1H3. The highest BCUT2D eigenvalue weighted by Crippen LogP contribution is 2.39. The average Bonchev–Trinajstić information content (AvgIpc) is 3.56. The Morgan fingerprint density at radius 3 is 1.10 bits per heavy atom. The summed E-state index contributed by atoms with van der Waals surface area (Å²) in [5.74, 6) is 0.964. The lowest BCUT2D eigenvalue weighted by atomic mass is 9.92. The van der Waals surface area contributed by atoms with E-state index < -0.39 is 0 Å². The minimum atomic E-state index is 0.964. The van der Waals surface area contributed by atoms with Crippen molar-refractivity contribution >= 4 is 75.7 Å². The van der Waals surface area contributed by atoms with Crippen molar-refractivity contribution in [3.63, 3.8) is 0 Å². The molecule has 10 aromatic carbocycles. The van der Waals surface area contributed by atoms with Gasteiger partial charge >= 0.3 is 0 Å². The van der Waals surface area contributed by atoms with Gasteiger partial charge < -0.3 is 4.57 Å². The van der Waals surface area contributed by atoms with Crippen molar-refractivity contribution < 1.29 is 0 Å². The molecular formula is C50H32N2. The zero-order chi connectivity index (χ0) is 34.3. The number of hydrogen-bond donors (Lipinski definition) is 0. The molecule has 1 heterocycles. The van der Waals surface area contributed by atoms with E-state index in [1.54, 1.807) is 0 Å². The third kappa shape index (κ3) is 4.28. The lowest BCUT2D eigenvalue weighted by Crippen LogP contribution is -1.92. The van der Waals surface area contributed by atoms with Gasteiger partial charge in [-0.2, -0.15) is 0 Å². The van der Waals surface area contributed by atoms with Crippen molar-refractivity contribution in [1.82, 2.24) is 9.55 Å². The summed E-state index contributed by atoms with van der Waals surface area (Å²) in [6.07, 6.45) is 0. The predicted octanol–water partition coefficient (Wildman–Crippen LogP) is 13.5. The highest BCUT2D eigenvalue weighted by Gasteiger charge is 2.14. The summed E-state index contributed by atoms with van der Waals surface area (Å²) < 4.78 is 2.21. The van der Waals surface area contributed by atoms with Crippen LogP contribution in [0.4, 0.5) is 0 Å². The Hall–Kier alpha value is -6.77. The van der Waals surface area contributed by atoms with E-state index in [1.807, 2.05) is 0 Å². The molecule has 0 bridgehead atoms. The van der Waals surface area contributed by atoms with Crippen molar-refractivity contribution in [3.8, 4) is 33.6 Å². The van der Waals surface area contributed by atoms with Crippen LogP contribution in [0.15, 0.2) is 176 Å². The van der Waals surface area contributed by atoms with Crippen molar-refractivity contribution in [2.24, 2.45) is 7.05 Å². The minimum absolute atomic E-state index is 0.964. The van der Waals surface area contributed by atoms with E-state index in [1.165, 1.54) is 86.9 Å². The smallest absolute Gasteiger partial charge is 0.140 e. The SMILES string of the molecule is Cn1c(-c2ccc(-c3ccc4c5ccccc5c5ccccc5c4c3)cc2)nc2cc(-c3ccc4c5ccccc5c5ccccc5c4c3)ccc21. The van der Waals surface area contributed by atoms with Crippen LogP contribution in [0, 0.1) is 0 Å². The molecule has 0 aliphatic heterocycles. The van der Waals surface area contributed by atoms with Gasteiger partial charge in [-0.15, -0.1) is 0 Å². The van der Waals surface area contributed by atoms with Gasteiger partial charge in [-0.25, -0.2) is 4.98 Å². The second kappa shape index (κ2) is 11.1. The number of benzene rings is 10. The van der Waals surface area contributed by atoms with Gasteiger partial charge in [-0.1, -0.05) is 152 Å². The summed E-state index contributed by atoms with van der Waals surface area (Å²) in [5, 5.41) is 15.5. The Morgan fingerprint density at radius 1 is 0.308 bits per heavy atom. The van der Waals surface area contributed by atoms with Crippen LogP contribution in [0.3, 0.4) is 0 Å². The van der Waals surface area contributed by atoms with E-state index in [-0.39, 0.29) is 0 Å². The number of rotatable bonds is 3. The van der Waals surface area contributed by atoms with E-state index in [4.69, 9.17) is 4.98 Å². The maximum absolute atomic E-state index is 5.19. The van der Waals surface area contributed by atoms with Gasteiger partial charge in [0.05, 0.1) is 11.0 Å². The van der Waals surface area contributed by atoms with Crippen LogP contribution in [-0.2, 0) is 7.05 Å². The molecule has 0 aliphatic carbocycles. The molecule has 0 saturated carbocycles. The van der Waals surface area contributed by atoms with Crippen molar-refractivity contribution in [1.29, 1.82) is 0 Å². The first kappa shape index (κ1) is 29.0. The quantitative estimate of drug-likeness (QED) is 0.172. The lowest BCUT2D eigenvalue weighted by molar-refractivity contribution is 0.959. The maximum Gasteiger partial charge on any atom is 0.140 e. The molecule has 0 saturated heterocycles. The van der Waals surface area contributed by atoms with Crippen LogP contribution in [-0.4, -0.2) is 9.55 Å². The summed E-state index contributed by atoms with van der Waals surface area (Å²) in [6, 6.07) is 64.4. The normalized spacial score (nSPS) is 11.9. The van der Waals surface area contributed by atoms with Gasteiger partial charge in [0, 0.05) is 12.6 Å². The first-order valence-corrected chi connectivity index (χ1v) is 17.9. The van der Waals surface area contributed by atoms with E-state index in [2.05, 4.69) is 188 Å². The molecule has 0 N–H and O–H groups in total. The maximum atomic E-state index is 5.19. The second-order valence-electron chi connectivity index (χ2n) is 14.0. The molecule has 0 atom stereocenters. The van der Waals surface area contributed by atoms with Crippen molar-refractivity contribution in [2.45, 2.75) is 0 Å². The van der Waals surface area contributed by atoms with E-state index in [0.29, 0.717) is 0 Å². The molecular weight excluding hydrogens is 629 g/mol. The Bertz CT molecular complexity index is 3170. The number of aryl methyl sites for hydroxylation is 1. The molecule has 52 heavy (non-hydrogen) atoms. The molecule has 0 radical (unpaired) electrons. The van der Waals surface area contributed by atoms with Crippen LogP contribution < -0.4 is 0 Å². The third-order valence-corrected chi connectivity index (χ3v) is 11.2. The van der Waals surface area contributed by atoms with Crippen LogP contribution in [0.2, 0.25) is 0 Å². The number of hydrogen-bond acceptors (Lipinski definition) is 1. The first-order chi connectivity index (χ1) is 25.7. The van der Waals surface area contributed by atoms with Crippen LogP contribution in [0.5, 0.6) is 0 Å². The average molecular weight is 661 g/mol. The topological polar surface area (TPSA) is 17.8 Å². The highest BCUT2D eigenvalue weighted by atomic mass is 15.1. The van der Waals surface area contributed by atoms with Crippen molar-refractivity contribution in [3.05, 3.63) is 176 Å². The fourth-order valence-electron chi connectivity index (χ4n) is 8.62. The van der Waals surface area contributed by atoms with Gasteiger partial charge in [-0.05, 0) is 111 Å². The minimum Gasteiger partial charge on any atom is -0.327 e. The fraction of sp³-hybridized carbons (Fsp3) is 0.0200. The number of aromatic nitrogens is 2. The van der Waals surface area contributed by atoms with Crippen LogP contribution in [0.25, 0.3) is 109 Å². The first-order valence-electron chi connectivity index (χ1n) is 17.9.